The molecule has 0 aromatic heterocycles. The summed E-state index contributed by atoms with van der Waals surface area (Å²) in [4.78, 5) is 10.3. The minimum absolute atomic E-state index is 0.144. The van der Waals surface area contributed by atoms with Gasteiger partial charge in [0.05, 0.1) is 0 Å². The standard InChI is InChI=1S/C33H30N2O2/c1-33(2,31-34-27(23-15-7-3-8-16-23)29(36-31)25-19-11-5-12-20-25)32-35-28(24-17-9-4-10-18-24)30(37-32)26-21-13-6-14-22-26/h3-22,27-30H,1-2H3/t27-,28-,29?,30?/m0/s1. The molecule has 0 spiro atoms. The average molecular weight is 487 g/mol. The first-order chi connectivity index (χ1) is 18.1. The second-order valence-corrected chi connectivity index (χ2v) is 10.1. The van der Waals surface area contributed by atoms with Crippen molar-refractivity contribution in [3.63, 3.8) is 0 Å². The van der Waals surface area contributed by atoms with Crippen molar-refractivity contribution >= 4 is 11.8 Å². The number of benzene rings is 4. The topological polar surface area (TPSA) is 43.2 Å². The van der Waals surface area contributed by atoms with E-state index in [0.717, 1.165) is 22.3 Å². The molecule has 2 aliphatic heterocycles. The van der Waals surface area contributed by atoms with Gasteiger partial charge in [-0.3, -0.25) is 0 Å². The van der Waals surface area contributed by atoms with Crippen molar-refractivity contribution in [2.24, 2.45) is 15.4 Å². The van der Waals surface area contributed by atoms with Crippen LogP contribution in [-0.4, -0.2) is 11.8 Å². The van der Waals surface area contributed by atoms with Crippen LogP contribution in [0.1, 0.15) is 60.4 Å². The third-order valence-electron chi connectivity index (χ3n) is 7.17. The van der Waals surface area contributed by atoms with Gasteiger partial charge in [-0.2, -0.15) is 0 Å². The molecule has 6 rings (SSSR count). The van der Waals surface area contributed by atoms with E-state index in [2.05, 4.69) is 86.6 Å². The zero-order valence-corrected chi connectivity index (χ0v) is 21.1. The van der Waals surface area contributed by atoms with Crippen LogP contribution in [-0.2, 0) is 9.47 Å². The molecule has 4 atom stereocenters. The lowest BCUT2D eigenvalue weighted by atomic mass is 9.93. The summed E-state index contributed by atoms with van der Waals surface area (Å²) >= 11 is 0. The van der Waals surface area contributed by atoms with Crippen LogP contribution in [0.2, 0.25) is 0 Å². The van der Waals surface area contributed by atoms with E-state index in [1.165, 1.54) is 0 Å². The molecule has 4 nitrogen and oxygen atoms in total. The molecule has 0 amide bonds. The lowest BCUT2D eigenvalue weighted by Crippen LogP contribution is -2.34. The van der Waals surface area contributed by atoms with Crippen LogP contribution in [0.25, 0.3) is 0 Å². The quantitative estimate of drug-likeness (QED) is 0.279. The Morgan fingerprint density at radius 3 is 1.08 bits per heavy atom. The molecule has 0 aliphatic carbocycles. The molecule has 0 radical (unpaired) electrons. The SMILES string of the molecule is CC(C)(C1=N[C@@H](c2ccccc2)C(c2ccccc2)O1)C1=N[C@@H](c2ccccc2)C(c2ccccc2)O1. The molecule has 0 saturated heterocycles. The van der Waals surface area contributed by atoms with E-state index in [9.17, 15) is 0 Å². The molecule has 0 bridgehead atoms. The van der Waals surface area contributed by atoms with Crippen molar-refractivity contribution in [1.82, 2.24) is 0 Å². The highest BCUT2D eigenvalue weighted by atomic mass is 16.5. The molecule has 0 saturated carbocycles. The summed E-state index contributed by atoms with van der Waals surface area (Å²) in [6.07, 6.45) is -0.426. The highest BCUT2D eigenvalue weighted by molar-refractivity contribution is 6.05. The molecular formula is C33H30N2O2. The Kier molecular flexibility index (Phi) is 6.09. The van der Waals surface area contributed by atoms with Crippen LogP contribution in [0.4, 0.5) is 0 Å². The molecule has 184 valence electrons. The van der Waals surface area contributed by atoms with E-state index in [1.54, 1.807) is 0 Å². The van der Waals surface area contributed by atoms with Gasteiger partial charge in [-0.15, -0.1) is 0 Å². The maximum atomic E-state index is 6.66. The summed E-state index contributed by atoms with van der Waals surface area (Å²) < 4.78 is 13.3. The van der Waals surface area contributed by atoms with E-state index in [4.69, 9.17) is 19.5 Å². The highest BCUT2D eigenvalue weighted by Crippen LogP contribution is 2.47. The number of nitrogens with zero attached hydrogens (tertiary/aromatic N) is 2. The average Bonchev–Trinajstić information content (AvgIpc) is 3.62. The van der Waals surface area contributed by atoms with Gasteiger partial charge in [-0.1, -0.05) is 121 Å². The second-order valence-electron chi connectivity index (χ2n) is 10.1. The van der Waals surface area contributed by atoms with E-state index < -0.39 is 5.41 Å². The van der Waals surface area contributed by atoms with Gasteiger partial charge in [0, 0.05) is 0 Å². The molecule has 4 heteroatoms. The molecule has 2 aliphatic rings. The van der Waals surface area contributed by atoms with Crippen molar-refractivity contribution in [3.05, 3.63) is 144 Å². The molecule has 4 aromatic rings. The van der Waals surface area contributed by atoms with Gasteiger partial charge in [0.2, 0.25) is 0 Å². The Bertz CT molecular complexity index is 1290. The smallest absolute Gasteiger partial charge is 0.200 e. The highest BCUT2D eigenvalue weighted by Gasteiger charge is 2.47. The van der Waals surface area contributed by atoms with Gasteiger partial charge < -0.3 is 9.47 Å². The first-order valence-corrected chi connectivity index (χ1v) is 12.8. The third-order valence-corrected chi connectivity index (χ3v) is 7.17. The van der Waals surface area contributed by atoms with Gasteiger partial charge in [0.1, 0.15) is 17.5 Å². The number of aliphatic imine (C=N–C) groups is 2. The summed E-state index contributed by atoms with van der Waals surface area (Å²) in [7, 11) is 0. The van der Waals surface area contributed by atoms with Crippen LogP contribution in [0.15, 0.2) is 131 Å². The van der Waals surface area contributed by atoms with Gasteiger partial charge in [0.15, 0.2) is 24.0 Å². The van der Waals surface area contributed by atoms with Crippen molar-refractivity contribution in [3.8, 4) is 0 Å². The summed E-state index contributed by atoms with van der Waals surface area (Å²) in [6.45, 7) is 4.19. The fraction of sp³-hybridized carbons (Fsp3) is 0.212. The van der Waals surface area contributed by atoms with Gasteiger partial charge in [0.25, 0.3) is 0 Å². The zero-order chi connectivity index (χ0) is 25.2. The summed E-state index contributed by atoms with van der Waals surface area (Å²) in [5, 5.41) is 0. The fourth-order valence-electron chi connectivity index (χ4n) is 5.11. The van der Waals surface area contributed by atoms with Crippen molar-refractivity contribution in [2.45, 2.75) is 38.1 Å². The Labute approximate surface area is 218 Å². The van der Waals surface area contributed by atoms with Crippen LogP contribution < -0.4 is 0 Å². The lowest BCUT2D eigenvalue weighted by molar-refractivity contribution is 0.162. The molecule has 37 heavy (non-hydrogen) atoms. The van der Waals surface area contributed by atoms with E-state index >= 15 is 0 Å². The largest absolute Gasteiger partial charge is 0.469 e. The van der Waals surface area contributed by atoms with E-state index in [1.807, 2.05) is 48.5 Å². The zero-order valence-electron chi connectivity index (χ0n) is 21.1. The van der Waals surface area contributed by atoms with E-state index in [0.29, 0.717) is 11.8 Å². The molecule has 2 unspecified atom stereocenters. The minimum Gasteiger partial charge on any atom is -0.469 e. The number of hydrogen-bond acceptors (Lipinski definition) is 4. The molecular weight excluding hydrogens is 456 g/mol. The Hall–Kier alpha value is -4.18. The van der Waals surface area contributed by atoms with Crippen LogP contribution in [0.5, 0.6) is 0 Å². The second kappa shape index (κ2) is 9.70. The Morgan fingerprint density at radius 2 is 0.757 bits per heavy atom. The summed E-state index contributed by atoms with van der Waals surface area (Å²) in [6, 6.07) is 41.1. The predicted octanol–water partition coefficient (Wildman–Crippen LogP) is 7.84. The number of hydrogen-bond donors (Lipinski definition) is 0. The van der Waals surface area contributed by atoms with Gasteiger partial charge >= 0.3 is 0 Å². The molecule has 2 heterocycles. The summed E-state index contributed by atoms with van der Waals surface area (Å²) in [5.74, 6) is 1.30. The van der Waals surface area contributed by atoms with Crippen molar-refractivity contribution < 1.29 is 9.47 Å². The third kappa shape index (κ3) is 4.44. The number of rotatable bonds is 6. The summed E-state index contributed by atoms with van der Waals surface area (Å²) in [5.41, 5.74) is 3.81. The maximum Gasteiger partial charge on any atom is 0.200 e. The van der Waals surface area contributed by atoms with Gasteiger partial charge in [-0.05, 0) is 36.1 Å². The molecule has 0 N–H and O–H groups in total. The number of ether oxygens (including phenoxy) is 2. The fourth-order valence-corrected chi connectivity index (χ4v) is 5.11. The van der Waals surface area contributed by atoms with Crippen molar-refractivity contribution in [1.29, 1.82) is 0 Å². The van der Waals surface area contributed by atoms with E-state index in [-0.39, 0.29) is 24.3 Å². The first kappa shape index (κ1) is 23.2. The monoisotopic (exact) mass is 486 g/mol. The first-order valence-electron chi connectivity index (χ1n) is 12.8. The maximum absolute atomic E-state index is 6.66. The van der Waals surface area contributed by atoms with Crippen LogP contribution >= 0.6 is 0 Å². The van der Waals surface area contributed by atoms with Crippen molar-refractivity contribution in [2.75, 3.05) is 0 Å². The molecule has 0 fully saturated rings. The Morgan fingerprint density at radius 1 is 0.459 bits per heavy atom. The Balaban J connectivity index is 1.37. The lowest BCUT2D eigenvalue weighted by Gasteiger charge is -2.26. The predicted molar refractivity (Wildman–Crippen MR) is 148 cm³/mol. The normalized spacial score (nSPS) is 23.1. The molecule has 4 aromatic carbocycles. The van der Waals surface area contributed by atoms with Gasteiger partial charge in [-0.25, -0.2) is 9.98 Å². The minimum atomic E-state index is -0.646. The van der Waals surface area contributed by atoms with Crippen LogP contribution in [0, 0.1) is 5.41 Å². The van der Waals surface area contributed by atoms with Crippen LogP contribution in [0.3, 0.4) is 0 Å².